The second-order valence-electron chi connectivity index (χ2n) is 7.96. The monoisotopic (exact) mass is 498 g/mol. The van der Waals surface area contributed by atoms with Crippen molar-refractivity contribution in [2.24, 2.45) is 5.92 Å². The number of rotatable bonds is 9. The molecule has 0 saturated carbocycles. The Balaban J connectivity index is 1.40. The molecule has 0 unspecified atom stereocenters. The molecule has 0 radical (unpaired) electrons. The molecule has 174 valence electrons. The van der Waals surface area contributed by atoms with Gasteiger partial charge in [0, 0.05) is 47.6 Å². The van der Waals surface area contributed by atoms with Crippen LogP contribution in [0.5, 0.6) is 0 Å². The average molecular weight is 499 g/mol. The molecule has 32 heavy (non-hydrogen) atoms. The number of hydrogen-bond acceptors (Lipinski definition) is 4. The van der Waals surface area contributed by atoms with Crippen molar-refractivity contribution < 1.29 is 17.6 Å². The molecule has 1 aliphatic heterocycles. The molecule has 2 aromatic carbocycles. The standard InChI is InChI=1S/C23H28ClFN2O3S2/c1-17-4-2-5-18(14-17)15-31-13-10-26-23(28)19-8-11-27(12-9-19)32(29,30)16-20-21(24)6-3-7-22(20)25/h2-7,14,19H,8-13,15-16H2,1H3,(H,26,28). The van der Waals surface area contributed by atoms with Gasteiger partial charge in [-0.3, -0.25) is 4.79 Å². The van der Waals surface area contributed by atoms with Crippen LogP contribution < -0.4 is 5.32 Å². The molecule has 1 aliphatic rings. The Morgan fingerprint density at radius 1 is 1.22 bits per heavy atom. The van der Waals surface area contributed by atoms with Crippen LogP contribution in [0.1, 0.15) is 29.5 Å². The summed E-state index contributed by atoms with van der Waals surface area (Å²) >= 11 is 7.74. The van der Waals surface area contributed by atoms with Gasteiger partial charge in [-0.15, -0.1) is 0 Å². The van der Waals surface area contributed by atoms with Gasteiger partial charge in [-0.25, -0.2) is 17.1 Å². The molecule has 1 heterocycles. The van der Waals surface area contributed by atoms with Crippen LogP contribution >= 0.6 is 23.4 Å². The molecule has 1 saturated heterocycles. The van der Waals surface area contributed by atoms with Gasteiger partial charge in [0.25, 0.3) is 0 Å². The molecule has 5 nitrogen and oxygen atoms in total. The maximum Gasteiger partial charge on any atom is 0.223 e. The lowest BCUT2D eigenvalue weighted by Crippen LogP contribution is -2.43. The van der Waals surface area contributed by atoms with E-state index in [4.69, 9.17) is 11.6 Å². The quantitative estimate of drug-likeness (QED) is 0.521. The number of nitrogens with one attached hydrogen (secondary N) is 1. The van der Waals surface area contributed by atoms with E-state index < -0.39 is 21.6 Å². The minimum Gasteiger partial charge on any atom is -0.355 e. The van der Waals surface area contributed by atoms with E-state index in [9.17, 15) is 17.6 Å². The Kier molecular flexibility index (Phi) is 8.99. The van der Waals surface area contributed by atoms with Gasteiger partial charge in [-0.1, -0.05) is 47.5 Å². The Labute approximate surface area is 198 Å². The summed E-state index contributed by atoms with van der Waals surface area (Å²) < 4.78 is 40.7. The number of carbonyl (C=O) groups is 1. The molecule has 0 spiro atoms. The van der Waals surface area contributed by atoms with Crippen molar-refractivity contribution in [3.05, 3.63) is 70.0 Å². The van der Waals surface area contributed by atoms with Gasteiger partial charge >= 0.3 is 0 Å². The lowest BCUT2D eigenvalue weighted by molar-refractivity contribution is -0.125. The number of hydrogen-bond donors (Lipinski definition) is 1. The lowest BCUT2D eigenvalue weighted by atomic mass is 9.97. The van der Waals surface area contributed by atoms with Crippen molar-refractivity contribution in [1.82, 2.24) is 9.62 Å². The predicted octanol–water partition coefficient (Wildman–Crippen LogP) is 4.38. The van der Waals surface area contributed by atoms with E-state index in [1.807, 2.05) is 6.07 Å². The topological polar surface area (TPSA) is 66.5 Å². The molecule has 2 aromatic rings. The van der Waals surface area contributed by atoms with Crippen LogP contribution in [-0.4, -0.2) is 44.0 Å². The van der Waals surface area contributed by atoms with Crippen LogP contribution in [0.4, 0.5) is 4.39 Å². The number of amides is 1. The summed E-state index contributed by atoms with van der Waals surface area (Å²) in [5.41, 5.74) is 2.49. The summed E-state index contributed by atoms with van der Waals surface area (Å²) in [6, 6.07) is 12.5. The summed E-state index contributed by atoms with van der Waals surface area (Å²) in [5.74, 6) is 0.371. The van der Waals surface area contributed by atoms with Crippen molar-refractivity contribution in [3.63, 3.8) is 0 Å². The summed E-state index contributed by atoms with van der Waals surface area (Å²) in [6.07, 6.45) is 0.902. The van der Waals surface area contributed by atoms with Gasteiger partial charge < -0.3 is 5.32 Å². The molecule has 1 amide bonds. The zero-order valence-electron chi connectivity index (χ0n) is 18.0. The predicted molar refractivity (Wildman–Crippen MR) is 129 cm³/mol. The van der Waals surface area contributed by atoms with Gasteiger partial charge in [0.05, 0.1) is 5.75 Å². The molecule has 0 aromatic heterocycles. The molecular weight excluding hydrogens is 471 g/mol. The molecule has 1 fully saturated rings. The fourth-order valence-electron chi connectivity index (χ4n) is 3.72. The van der Waals surface area contributed by atoms with E-state index >= 15 is 0 Å². The molecule has 3 rings (SSSR count). The highest BCUT2D eigenvalue weighted by molar-refractivity contribution is 7.98. The van der Waals surface area contributed by atoms with Crippen LogP contribution in [0.3, 0.4) is 0 Å². The van der Waals surface area contributed by atoms with E-state index in [0.717, 1.165) is 11.5 Å². The first-order valence-electron chi connectivity index (χ1n) is 10.6. The lowest BCUT2D eigenvalue weighted by Gasteiger charge is -2.30. The average Bonchev–Trinajstić information content (AvgIpc) is 2.76. The van der Waals surface area contributed by atoms with Gasteiger partial charge in [0.2, 0.25) is 15.9 Å². The van der Waals surface area contributed by atoms with Crippen LogP contribution in [-0.2, 0) is 26.3 Å². The summed E-state index contributed by atoms with van der Waals surface area (Å²) in [4.78, 5) is 12.5. The summed E-state index contributed by atoms with van der Waals surface area (Å²) in [6.45, 7) is 3.14. The zero-order valence-corrected chi connectivity index (χ0v) is 20.4. The number of halogens is 2. The summed E-state index contributed by atoms with van der Waals surface area (Å²) in [7, 11) is -3.71. The first-order chi connectivity index (χ1) is 15.3. The number of benzene rings is 2. The van der Waals surface area contributed by atoms with Crippen LogP contribution in [0.2, 0.25) is 5.02 Å². The van der Waals surface area contributed by atoms with Crippen LogP contribution in [0.15, 0.2) is 42.5 Å². The summed E-state index contributed by atoms with van der Waals surface area (Å²) in [5, 5.41) is 3.06. The normalized spacial score (nSPS) is 15.6. The second kappa shape index (κ2) is 11.5. The van der Waals surface area contributed by atoms with E-state index in [1.54, 1.807) is 11.8 Å². The Morgan fingerprint density at radius 3 is 2.62 bits per heavy atom. The number of piperidine rings is 1. The van der Waals surface area contributed by atoms with Gasteiger partial charge in [-0.05, 0) is 37.5 Å². The second-order valence-corrected chi connectivity index (χ2v) is 11.4. The maximum absolute atomic E-state index is 14.0. The largest absolute Gasteiger partial charge is 0.355 e. The number of nitrogens with zero attached hydrogens (tertiary/aromatic N) is 1. The number of carbonyl (C=O) groups excluding carboxylic acids is 1. The highest BCUT2D eigenvalue weighted by Gasteiger charge is 2.32. The third kappa shape index (κ3) is 6.94. The molecule has 0 aliphatic carbocycles. The first-order valence-corrected chi connectivity index (χ1v) is 13.7. The fraction of sp³-hybridized carbons (Fsp3) is 0.435. The molecule has 0 bridgehead atoms. The van der Waals surface area contributed by atoms with Crippen LogP contribution in [0, 0.1) is 18.7 Å². The number of aryl methyl sites for hydroxylation is 1. The molecule has 0 atom stereocenters. The van der Waals surface area contributed by atoms with E-state index in [2.05, 4.69) is 30.4 Å². The van der Waals surface area contributed by atoms with Crippen molar-refractivity contribution in [2.45, 2.75) is 31.3 Å². The smallest absolute Gasteiger partial charge is 0.223 e. The minimum absolute atomic E-state index is 0.0165. The van der Waals surface area contributed by atoms with Crippen molar-refractivity contribution in [3.8, 4) is 0 Å². The third-order valence-corrected chi connectivity index (χ3v) is 8.69. The third-order valence-electron chi connectivity index (χ3n) is 5.50. The first kappa shape index (κ1) is 25.0. The number of thioether (sulfide) groups is 1. The number of sulfonamides is 1. The van der Waals surface area contributed by atoms with Crippen molar-refractivity contribution in [1.29, 1.82) is 0 Å². The Morgan fingerprint density at radius 2 is 1.94 bits per heavy atom. The maximum atomic E-state index is 14.0. The zero-order chi connectivity index (χ0) is 23.1. The van der Waals surface area contributed by atoms with E-state index in [-0.39, 0.29) is 35.5 Å². The van der Waals surface area contributed by atoms with Gasteiger partial charge in [0.1, 0.15) is 5.82 Å². The fourth-order valence-corrected chi connectivity index (χ4v) is 6.45. The Bertz CT molecular complexity index is 1020. The molecule has 9 heteroatoms. The van der Waals surface area contributed by atoms with Crippen molar-refractivity contribution >= 4 is 39.3 Å². The van der Waals surface area contributed by atoms with E-state index in [0.29, 0.717) is 19.4 Å². The molecule has 1 N–H and O–H groups in total. The molecular formula is C23H28ClFN2O3S2. The highest BCUT2D eigenvalue weighted by atomic mass is 35.5. The highest BCUT2D eigenvalue weighted by Crippen LogP contribution is 2.26. The minimum atomic E-state index is -3.71. The van der Waals surface area contributed by atoms with Crippen molar-refractivity contribution in [2.75, 3.05) is 25.4 Å². The Hall–Kier alpha value is -1.61. The van der Waals surface area contributed by atoms with E-state index in [1.165, 1.54) is 33.6 Å². The van der Waals surface area contributed by atoms with Crippen LogP contribution in [0.25, 0.3) is 0 Å². The van der Waals surface area contributed by atoms with Gasteiger partial charge in [0.15, 0.2) is 0 Å². The SMILES string of the molecule is Cc1cccc(CSCCNC(=O)C2CCN(S(=O)(=O)Cc3c(F)cccc3Cl)CC2)c1. The van der Waals surface area contributed by atoms with Gasteiger partial charge in [-0.2, -0.15) is 11.8 Å².